The Morgan fingerprint density at radius 2 is 1.96 bits per heavy atom. The molecule has 2 N–H and O–H groups in total. The maximum absolute atomic E-state index is 11.9. The second kappa shape index (κ2) is 7.83. The second-order valence-electron chi connectivity index (χ2n) is 6.74. The van der Waals surface area contributed by atoms with Gasteiger partial charge in [0.05, 0.1) is 6.33 Å². The van der Waals surface area contributed by atoms with Gasteiger partial charge in [-0.05, 0) is 26.3 Å². The number of ether oxygens (including phenoxy) is 1. The number of nitrogens with one attached hydrogen (secondary N) is 1. The summed E-state index contributed by atoms with van der Waals surface area (Å²) >= 11 is 0. The summed E-state index contributed by atoms with van der Waals surface area (Å²) in [5.74, 6) is -1.13. The van der Waals surface area contributed by atoms with Crippen molar-refractivity contribution in [2.75, 3.05) is 0 Å². The maximum Gasteiger partial charge on any atom is 0.408 e. The van der Waals surface area contributed by atoms with Gasteiger partial charge in [-0.1, -0.05) is 30.3 Å². The smallest absolute Gasteiger partial charge is 0.408 e. The molecule has 1 atom stereocenters. The fourth-order valence-corrected chi connectivity index (χ4v) is 2.30. The molecule has 1 heterocycles. The number of aromatic nitrogens is 2. The van der Waals surface area contributed by atoms with Gasteiger partial charge in [-0.15, -0.1) is 0 Å². The molecule has 7 nitrogen and oxygen atoms in total. The molecule has 0 saturated heterocycles. The van der Waals surface area contributed by atoms with Crippen LogP contribution < -0.4 is 5.32 Å². The lowest BCUT2D eigenvalue weighted by atomic mass is 10.1. The molecule has 25 heavy (non-hydrogen) atoms. The van der Waals surface area contributed by atoms with Crippen LogP contribution in [0.3, 0.4) is 0 Å². The molecule has 0 unspecified atom stereocenters. The van der Waals surface area contributed by atoms with E-state index in [4.69, 9.17) is 4.74 Å². The van der Waals surface area contributed by atoms with Gasteiger partial charge < -0.3 is 19.7 Å². The summed E-state index contributed by atoms with van der Waals surface area (Å²) in [6.07, 6.45) is 2.61. The minimum Gasteiger partial charge on any atom is -0.480 e. The van der Waals surface area contributed by atoms with E-state index in [1.165, 1.54) is 0 Å². The molecule has 0 fully saturated rings. The molecule has 0 spiro atoms. The Labute approximate surface area is 146 Å². The topological polar surface area (TPSA) is 93.5 Å². The van der Waals surface area contributed by atoms with Crippen LogP contribution in [-0.4, -0.2) is 38.4 Å². The number of amides is 1. The van der Waals surface area contributed by atoms with E-state index in [0.29, 0.717) is 12.2 Å². The number of carbonyl (C=O) groups excluding carboxylic acids is 1. The number of benzene rings is 1. The molecule has 0 aliphatic carbocycles. The minimum atomic E-state index is -1.13. The quantitative estimate of drug-likeness (QED) is 0.839. The number of hydrogen-bond donors (Lipinski definition) is 2. The number of nitrogens with zero attached hydrogens (tertiary/aromatic N) is 2. The Kier molecular flexibility index (Phi) is 5.80. The Hall–Kier alpha value is -2.83. The first-order valence-corrected chi connectivity index (χ1v) is 8.00. The lowest BCUT2D eigenvalue weighted by Crippen LogP contribution is -2.45. The molecular formula is C18H23N3O4. The Balaban J connectivity index is 2.06. The third-order valence-corrected chi connectivity index (χ3v) is 3.40. The fraction of sp³-hybridized carbons (Fsp3) is 0.389. The van der Waals surface area contributed by atoms with Gasteiger partial charge in [0.2, 0.25) is 0 Å². The first-order valence-electron chi connectivity index (χ1n) is 8.00. The SMILES string of the molecule is CC(C)(C)OC(=O)N[C@H](Cc1cncn1Cc1ccccc1)C(=O)O. The summed E-state index contributed by atoms with van der Waals surface area (Å²) in [4.78, 5) is 27.5. The van der Waals surface area contributed by atoms with Gasteiger partial charge in [0, 0.05) is 24.9 Å². The van der Waals surface area contributed by atoms with Gasteiger partial charge in [0.25, 0.3) is 0 Å². The molecule has 7 heteroatoms. The summed E-state index contributed by atoms with van der Waals surface area (Å²) < 4.78 is 6.99. The number of carboxylic acids is 1. The van der Waals surface area contributed by atoms with Crippen LogP contribution in [0.1, 0.15) is 32.0 Å². The fourth-order valence-electron chi connectivity index (χ4n) is 2.30. The van der Waals surface area contributed by atoms with E-state index in [9.17, 15) is 14.7 Å². The van der Waals surface area contributed by atoms with E-state index < -0.39 is 23.7 Å². The number of rotatable bonds is 6. The van der Waals surface area contributed by atoms with Crippen molar-refractivity contribution in [1.29, 1.82) is 0 Å². The van der Waals surface area contributed by atoms with Crippen LogP contribution in [0.5, 0.6) is 0 Å². The van der Waals surface area contributed by atoms with Gasteiger partial charge in [-0.3, -0.25) is 0 Å². The Bertz CT molecular complexity index is 719. The van der Waals surface area contributed by atoms with Crippen LogP contribution in [0, 0.1) is 0 Å². The van der Waals surface area contributed by atoms with Crippen molar-refractivity contribution in [1.82, 2.24) is 14.9 Å². The zero-order valence-corrected chi connectivity index (χ0v) is 14.6. The number of hydrogen-bond acceptors (Lipinski definition) is 4. The van der Waals surface area contributed by atoms with Gasteiger partial charge in [0.15, 0.2) is 0 Å². The zero-order valence-electron chi connectivity index (χ0n) is 14.6. The summed E-state index contributed by atoms with van der Waals surface area (Å²) in [6, 6.07) is 8.69. The lowest BCUT2D eigenvalue weighted by Gasteiger charge is -2.22. The first-order chi connectivity index (χ1) is 11.7. The standard InChI is InChI=1S/C18H23N3O4/c1-18(2,3)25-17(24)20-15(16(22)23)9-14-10-19-12-21(14)11-13-7-5-4-6-8-13/h4-8,10,12,15H,9,11H2,1-3H3,(H,20,24)(H,22,23)/t15-/m1/s1. The van der Waals surface area contributed by atoms with Crippen molar-refractivity contribution in [2.45, 2.75) is 45.4 Å². The van der Waals surface area contributed by atoms with Crippen LogP contribution >= 0.6 is 0 Å². The van der Waals surface area contributed by atoms with Gasteiger partial charge in [0.1, 0.15) is 11.6 Å². The van der Waals surface area contributed by atoms with Gasteiger partial charge in [-0.2, -0.15) is 0 Å². The second-order valence-corrected chi connectivity index (χ2v) is 6.74. The first kappa shape index (κ1) is 18.5. The molecule has 0 aliphatic heterocycles. The minimum absolute atomic E-state index is 0.113. The highest BCUT2D eigenvalue weighted by molar-refractivity contribution is 5.80. The average molecular weight is 345 g/mol. The Morgan fingerprint density at radius 3 is 2.56 bits per heavy atom. The van der Waals surface area contributed by atoms with E-state index in [0.717, 1.165) is 5.56 Å². The van der Waals surface area contributed by atoms with E-state index in [-0.39, 0.29) is 6.42 Å². The highest BCUT2D eigenvalue weighted by atomic mass is 16.6. The molecule has 0 radical (unpaired) electrons. The molecule has 1 aromatic carbocycles. The molecular weight excluding hydrogens is 322 g/mol. The average Bonchev–Trinajstić information content (AvgIpc) is 2.92. The summed E-state index contributed by atoms with van der Waals surface area (Å²) in [6.45, 7) is 5.74. The van der Waals surface area contributed by atoms with E-state index in [2.05, 4.69) is 10.3 Å². The van der Waals surface area contributed by atoms with Crippen LogP contribution in [0.4, 0.5) is 4.79 Å². The number of aliphatic carboxylic acids is 1. The number of alkyl carbamates (subject to hydrolysis) is 1. The van der Waals surface area contributed by atoms with Gasteiger partial charge >= 0.3 is 12.1 Å². The summed E-state index contributed by atoms with van der Waals surface area (Å²) in [5, 5.41) is 11.8. The van der Waals surface area contributed by atoms with E-state index in [1.54, 1.807) is 33.3 Å². The van der Waals surface area contributed by atoms with Gasteiger partial charge in [-0.25, -0.2) is 14.6 Å². The van der Waals surface area contributed by atoms with Crippen molar-refractivity contribution in [3.8, 4) is 0 Å². The molecule has 1 amide bonds. The molecule has 134 valence electrons. The van der Waals surface area contributed by atoms with Crippen molar-refractivity contribution < 1.29 is 19.4 Å². The predicted molar refractivity (Wildman–Crippen MR) is 92.3 cm³/mol. The number of carbonyl (C=O) groups is 2. The number of carboxylic acid groups (broad SMARTS) is 1. The molecule has 0 aliphatic rings. The highest BCUT2D eigenvalue weighted by Crippen LogP contribution is 2.10. The van der Waals surface area contributed by atoms with Crippen LogP contribution in [0.25, 0.3) is 0 Å². The number of imidazole rings is 1. The summed E-state index contributed by atoms with van der Waals surface area (Å²) in [5.41, 5.74) is 1.10. The van der Waals surface area contributed by atoms with Crippen LogP contribution in [0.15, 0.2) is 42.9 Å². The van der Waals surface area contributed by atoms with Crippen molar-refractivity contribution in [3.63, 3.8) is 0 Å². The summed E-state index contributed by atoms with van der Waals surface area (Å²) in [7, 11) is 0. The Morgan fingerprint density at radius 1 is 1.28 bits per heavy atom. The third kappa shape index (κ3) is 5.95. The van der Waals surface area contributed by atoms with Crippen LogP contribution in [0.2, 0.25) is 0 Å². The molecule has 2 rings (SSSR count). The van der Waals surface area contributed by atoms with Crippen molar-refractivity contribution in [3.05, 3.63) is 54.1 Å². The van der Waals surface area contributed by atoms with Crippen molar-refractivity contribution in [2.24, 2.45) is 0 Å². The zero-order chi connectivity index (χ0) is 18.4. The molecule has 1 aromatic heterocycles. The normalized spacial score (nSPS) is 12.4. The third-order valence-electron chi connectivity index (χ3n) is 3.40. The predicted octanol–water partition coefficient (Wildman–Crippen LogP) is 2.45. The van der Waals surface area contributed by atoms with E-state index >= 15 is 0 Å². The largest absolute Gasteiger partial charge is 0.480 e. The van der Waals surface area contributed by atoms with Crippen LogP contribution in [-0.2, 0) is 22.5 Å². The van der Waals surface area contributed by atoms with Crippen molar-refractivity contribution >= 4 is 12.1 Å². The molecule has 0 bridgehead atoms. The maximum atomic E-state index is 11.9. The lowest BCUT2D eigenvalue weighted by molar-refractivity contribution is -0.139. The molecule has 0 saturated carbocycles. The van der Waals surface area contributed by atoms with E-state index in [1.807, 2.05) is 34.9 Å². The highest BCUT2D eigenvalue weighted by Gasteiger charge is 2.25. The molecule has 2 aromatic rings. The monoisotopic (exact) mass is 345 g/mol.